The zero-order valence-corrected chi connectivity index (χ0v) is 11.8. The van der Waals surface area contributed by atoms with Gasteiger partial charge in [0.25, 0.3) is 5.91 Å². The largest absolute Gasteiger partial charge is 0.506 e. The Bertz CT molecular complexity index is 572. The number of halogens is 1. The van der Waals surface area contributed by atoms with Crippen molar-refractivity contribution in [1.82, 2.24) is 10.3 Å². The SMILES string of the molecule is CC(CNC(=O)c1ccc(O)c(Cl)c1)c1nccs1. The second-order valence-electron chi connectivity index (χ2n) is 4.15. The maximum atomic E-state index is 11.9. The van der Waals surface area contributed by atoms with E-state index in [1.807, 2.05) is 12.3 Å². The van der Waals surface area contributed by atoms with Crippen molar-refractivity contribution in [2.45, 2.75) is 12.8 Å². The summed E-state index contributed by atoms with van der Waals surface area (Å²) in [6.45, 7) is 2.51. The molecule has 0 saturated carbocycles. The van der Waals surface area contributed by atoms with Crippen LogP contribution < -0.4 is 5.32 Å². The monoisotopic (exact) mass is 296 g/mol. The number of phenolic OH excluding ortho intramolecular Hbond substituents is 1. The van der Waals surface area contributed by atoms with Crippen molar-refractivity contribution in [1.29, 1.82) is 0 Å². The van der Waals surface area contributed by atoms with Gasteiger partial charge in [0, 0.05) is 29.6 Å². The Morgan fingerprint density at radius 1 is 1.58 bits per heavy atom. The average molecular weight is 297 g/mol. The van der Waals surface area contributed by atoms with E-state index in [0.717, 1.165) is 5.01 Å². The molecule has 1 atom stereocenters. The Hall–Kier alpha value is -1.59. The van der Waals surface area contributed by atoms with Crippen LogP contribution >= 0.6 is 22.9 Å². The summed E-state index contributed by atoms with van der Waals surface area (Å²) in [5.74, 6) is -0.0868. The molecule has 2 rings (SSSR count). The predicted molar refractivity (Wildman–Crippen MR) is 76.0 cm³/mol. The molecule has 0 aliphatic carbocycles. The molecular weight excluding hydrogens is 284 g/mol. The van der Waals surface area contributed by atoms with Gasteiger partial charge in [0.2, 0.25) is 0 Å². The minimum atomic E-state index is -0.217. The highest BCUT2D eigenvalue weighted by Gasteiger charge is 2.12. The normalized spacial score (nSPS) is 12.1. The Kier molecular flexibility index (Phi) is 4.39. The third-order valence-electron chi connectivity index (χ3n) is 2.65. The van der Waals surface area contributed by atoms with Gasteiger partial charge in [-0.3, -0.25) is 4.79 Å². The number of benzene rings is 1. The molecule has 2 aromatic rings. The highest BCUT2D eigenvalue weighted by Crippen LogP contribution is 2.23. The number of phenols is 1. The summed E-state index contributed by atoms with van der Waals surface area (Å²) in [7, 11) is 0. The lowest BCUT2D eigenvalue weighted by molar-refractivity contribution is 0.0951. The molecule has 0 spiro atoms. The molecule has 0 radical (unpaired) electrons. The van der Waals surface area contributed by atoms with Crippen molar-refractivity contribution < 1.29 is 9.90 Å². The summed E-state index contributed by atoms with van der Waals surface area (Å²) < 4.78 is 0. The molecule has 0 fully saturated rings. The second-order valence-corrected chi connectivity index (χ2v) is 5.48. The first kappa shape index (κ1) is 13.8. The Labute approximate surface area is 120 Å². The first-order valence-electron chi connectivity index (χ1n) is 5.74. The molecule has 1 unspecified atom stereocenters. The van der Waals surface area contributed by atoms with Gasteiger partial charge in [0.05, 0.1) is 10.0 Å². The minimum absolute atomic E-state index is 0.0330. The highest BCUT2D eigenvalue weighted by molar-refractivity contribution is 7.09. The fraction of sp³-hybridized carbons (Fsp3) is 0.231. The Balaban J connectivity index is 1.96. The van der Waals surface area contributed by atoms with Gasteiger partial charge < -0.3 is 10.4 Å². The van der Waals surface area contributed by atoms with E-state index in [1.165, 1.54) is 18.2 Å². The van der Waals surface area contributed by atoms with Crippen LogP contribution in [0.1, 0.15) is 28.2 Å². The molecule has 0 aliphatic rings. The second kappa shape index (κ2) is 6.04. The van der Waals surface area contributed by atoms with Crippen LogP contribution in [0.4, 0.5) is 0 Å². The van der Waals surface area contributed by atoms with Crippen LogP contribution in [0.5, 0.6) is 5.75 Å². The number of nitrogens with one attached hydrogen (secondary N) is 1. The zero-order chi connectivity index (χ0) is 13.8. The van der Waals surface area contributed by atoms with Gasteiger partial charge in [-0.15, -0.1) is 11.3 Å². The van der Waals surface area contributed by atoms with Crippen LogP contribution in [0.25, 0.3) is 0 Å². The van der Waals surface area contributed by atoms with Crippen molar-refractivity contribution in [2.24, 2.45) is 0 Å². The molecule has 4 nitrogen and oxygen atoms in total. The third-order valence-corrected chi connectivity index (χ3v) is 3.96. The lowest BCUT2D eigenvalue weighted by atomic mass is 10.1. The van der Waals surface area contributed by atoms with E-state index < -0.39 is 0 Å². The standard InChI is InChI=1S/C13H13ClN2O2S/c1-8(13-15-4-5-19-13)7-16-12(18)9-2-3-11(17)10(14)6-9/h2-6,8,17H,7H2,1H3,(H,16,18). The van der Waals surface area contributed by atoms with Gasteiger partial charge in [-0.1, -0.05) is 18.5 Å². The first-order valence-corrected chi connectivity index (χ1v) is 7.00. The number of hydrogen-bond acceptors (Lipinski definition) is 4. The van der Waals surface area contributed by atoms with Gasteiger partial charge in [0.15, 0.2) is 0 Å². The number of carbonyl (C=O) groups is 1. The smallest absolute Gasteiger partial charge is 0.251 e. The van der Waals surface area contributed by atoms with Gasteiger partial charge in [-0.2, -0.15) is 0 Å². The first-order chi connectivity index (χ1) is 9.08. The maximum absolute atomic E-state index is 11.9. The number of rotatable bonds is 4. The molecule has 0 aliphatic heterocycles. The van der Waals surface area contributed by atoms with Gasteiger partial charge in [0.1, 0.15) is 5.75 Å². The summed E-state index contributed by atoms with van der Waals surface area (Å²) in [5.41, 5.74) is 0.425. The van der Waals surface area contributed by atoms with E-state index in [2.05, 4.69) is 10.3 Å². The van der Waals surface area contributed by atoms with Crippen molar-refractivity contribution in [3.05, 3.63) is 45.4 Å². The Morgan fingerprint density at radius 3 is 3.00 bits per heavy atom. The molecular formula is C13H13ClN2O2S. The third kappa shape index (κ3) is 3.45. The number of aromatic nitrogens is 1. The fourth-order valence-corrected chi connectivity index (χ4v) is 2.44. The molecule has 100 valence electrons. The van der Waals surface area contributed by atoms with Crippen LogP contribution in [0.15, 0.2) is 29.8 Å². The molecule has 6 heteroatoms. The fourth-order valence-electron chi connectivity index (χ4n) is 1.56. The van der Waals surface area contributed by atoms with Gasteiger partial charge in [-0.25, -0.2) is 4.98 Å². The molecule has 2 N–H and O–H groups in total. The number of hydrogen-bond donors (Lipinski definition) is 2. The van der Waals surface area contributed by atoms with E-state index >= 15 is 0 Å². The van der Waals surface area contributed by atoms with Crippen LogP contribution in [-0.2, 0) is 0 Å². The van der Waals surface area contributed by atoms with Crippen LogP contribution in [-0.4, -0.2) is 22.5 Å². The molecule has 1 aromatic heterocycles. The number of carbonyl (C=O) groups excluding carboxylic acids is 1. The van der Waals surface area contributed by atoms with Gasteiger partial charge in [-0.05, 0) is 18.2 Å². The van der Waals surface area contributed by atoms with Crippen molar-refractivity contribution >= 4 is 28.8 Å². The lowest BCUT2D eigenvalue weighted by Crippen LogP contribution is -2.27. The van der Waals surface area contributed by atoms with Crippen molar-refractivity contribution in [3.8, 4) is 5.75 Å². The number of amides is 1. The lowest BCUT2D eigenvalue weighted by Gasteiger charge is -2.10. The summed E-state index contributed by atoms with van der Waals surface area (Å²) in [4.78, 5) is 16.1. The Morgan fingerprint density at radius 2 is 2.37 bits per heavy atom. The number of nitrogens with zero attached hydrogens (tertiary/aromatic N) is 1. The van der Waals surface area contributed by atoms with Gasteiger partial charge >= 0.3 is 0 Å². The molecule has 1 heterocycles. The van der Waals surface area contributed by atoms with E-state index in [0.29, 0.717) is 12.1 Å². The van der Waals surface area contributed by atoms with E-state index in [1.54, 1.807) is 17.5 Å². The van der Waals surface area contributed by atoms with E-state index in [9.17, 15) is 9.90 Å². The van der Waals surface area contributed by atoms with E-state index in [-0.39, 0.29) is 22.6 Å². The predicted octanol–water partition coefficient (Wildman–Crippen LogP) is 3.04. The molecule has 1 amide bonds. The molecule has 0 bridgehead atoms. The molecule has 1 aromatic carbocycles. The summed E-state index contributed by atoms with van der Waals surface area (Å²) in [6.07, 6.45) is 1.75. The van der Waals surface area contributed by atoms with Crippen molar-refractivity contribution in [2.75, 3.05) is 6.54 Å². The highest BCUT2D eigenvalue weighted by atomic mass is 35.5. The minimum Gasteiger partial charge on any atom is -0.506 e. The maximum Gasteiger partial charge on any atom is 0.251 e. The van der Waals surface area contributed by atoms with E-state index in [4.69, 9.17) is 11.6 Å². The van der Waals surface area contributed by atoms with Crippen LogP contribution in [0.2, 0.25) is 5.02 Å². The number of thiazole rings is 1. The van der Waals surface area contributed by atoms with Crippen LogP contribution in [0, 0.1) is 0 Å². The summed E-state index contributed by atoms with van der Waals surface area (Å²) in [6, 6.07) is 4.38. The zero-order valence-electron chi connectivity index (χ0n) is 10.3. The quantitative estimate of drug-likeness (QED) is 0.911. The topological polar surface area (TPSA) is 62.2 Å². The summed E-state index contributed by atoms with van der Waals surface area (Å²) >= 11 is 7.33. The van der Waals surface area contributed by atoms with Crippen LogP contribution in [0.3, 0.4) is 0 Å². The molecule has 0 saturated heterocycles. The molecule has 19 heavy (non-hydrogen) atoms. The number of aromatic hydroxyl groups is 1. The van der Waals surface area contributed by atoms with Crippen molar-refractivity contribution in [3.63, 3.8) is 0 Å². The average Bonchev–Trinajstić information content (AvgIpc) is 2.92. The summed E-state index contributed by atoms with van der Waals surface area (Å²) in [5, 5.41) is 15.2.